The summed E-state index contributed by atoms with van der Waals surface area (Å²) in [4.78, 5) is 9.41. The molecule has 146 valence electrons. The third kappa shape index (κ3) is 3.47. The number of benzene rings is 1. The summed E-state index contributed by atoms with van der Waals surface area (Å²) in [6.45, 7) is 2.31. The molecular formula is C21H26N6O. The van der Waals surface area contributed by atoms with Crippen LogP contribution in [-0.4, -0.2) is 45.5 Å². The van der Waals surface area contributed by atoms with E-state index in [2.05, 4.69) is 32.3 Å². The maximum Gasteiger partial charge on any atom is 0.0924 e. The number of hydrogen-bond donors (Lipinski definition) is 2. The van der Waals surface area contributed by atoms with E-state index in [-0.39, 0.29) is 0 Å². The minimum absolute atomic E-state index is 0.392. The second-order valence-electron chi connectivity index (χ2n) is 7.97. The van der Waals surface area contributed by atoms with Crippen LogP contribution in [0.2, 0.25) is 0 Å². The van der Waals surface area contributed by atoms with Crippen molar-refractivity contribution in [2.75, 3.05) is 25.1 Å². The molecule has 3 aromatic rings. The van der Waals surface area contributed by atoms with Gasteiger partial charge in [0.25, 0.3) is 0 Å². The van der Waals surface area contributed by atoms with E-state index in [9.17, 15) is 0 Å². The molecular weight excluding hydrogens is 352 g/mol. The molecule has 2 aromatic heterocycles. The fraction of sp³-hybridized carbons (Fsp3) is 0.476. The highest BCUT2D eigenvalue weighted by Crippen LogP contribution is 2.40. The Balaban J connectivity index is 1.31. The zero-order valence-corrected chi connectivity index (χ0v) is 15.9. The fourth-order valence-electron chi connectivity index (χ4n) is 4.02. The Hall–Kier alpha value is -2.51. The molecule has 5 rings (SSSR count). The average Bonchev–Trinajstić information content (AvgIpc) is 3.12. The predicted octanol–water partition coefficient (Wildman–Crippen LogP) is 2.99. The molecule has 7 nitrogen and oxygen atoms in total. The molecule has 7 heteroatoms. The van der Waals surface area contributed by atoms with Crippen LogP contribution in [0, 0.1) is 5.92 Å². The molecule has 2 aliphatic rings. The second-order valence-corrected chi connectivity index (χ2v) is 7.97. The molecule has 1 aromatic carbocycles. The van der Waals surface area contributed by atoms with Gasteiger partial charge in [0.2, 0.25) is 0 Å². The van der Waals surface area contributed by atoms with Crippen LogP contribution in [0.5, 0.6) is 0 Å². The van der Waals surface area contributed by atoms with Gasteiger partial charge in [0.15, 0.2) is 0 Å². The second kappa shape index (κ2) is 7.48. The molecule has 1 aliphatic carbocycles. The Kier molecular flexibility index (Phi) is 4.70. The Morgan fingerprint density at radius 2 is 2.07 bits per heavy atom. The van der Waals surface area contributed by atoms with Crippen molar-refractivity contribution >= 4 is 16.7 Å². The number of nitrogens with zero attached hydrogens (tertiary/aromatic N) is 4. The van der Waals surface area contributed by atoms with Gasteiger partial charge in [-0.3, -0.25) is 9.67 Å². The van der Waals surface area contributed by atoms with E-state index < -0.39 is 0 Å². The van der Waals surface area contributed by atoms with Gasteiger partial charge in [0.05, 0.1) is 54.4 Å². The van der Waals surface area contributed by atoms with Gasteiger partial charge in [-0.1, -0.05) is 0 Å². The predicted molar refractivity (Wildman–Crippen MR) is 109 cm³/mol. The van der Waals surface area contributed by atoms with Crippen molar-refractivity contribution in [3.8, 4) is 11.3 Å². The third-order valence-electron chi connectivity index (χ3n) is 5.85. The zero-order valence-electron chi connectivity index (χ0n) is 15.9. The number of fused-ring (bicyclic) bond motifs is 1. The van der Waals surface area contributed by atoms with Crippen LogP contribution in [0.4, 0.5) is 5.69 Å². The summed E-state index contributed by atoms with van der Waals surface area (Å²) >= 11 is 0. The summed E-state index contributed by atoms with van der Waals surface area (Å²) in [5.41, 5.74) is 10.3. The van der Waals surface area contributed by atoms with E-state index in [1.54, 1.807) is 0 Å². The van der Waals surface area contributed by atoms with Crippen LogP contribution in [0.15, 0.2) is 36.8 Å². The molecule has 0 bridgehead atoms. The first-order valence-corrected chi connectivity index (χ1v) is 10.1. The number of nitrogens with two attached hydrogens (primary N) is 1. The molecule has 1 saturated carbocycles. The van der Waals surface area contributed by atoms with Gasteiger partial charge in [-0.15, -0.1) is 0 Å². The fourth-order valence-corrected chi connectivity index (χ4v) is 4.02. The van der Waals surface area contributed by atoms with Crippen molar-refractivity contribution in [3.63, 3.8) is 0 Å². The van der Waals surface area contributed by atoms with Crippen LogP contribution in [0.3, 0.4) is 0 Å². The molecule has 3 heterocycles. The lowest BCUT2D eigenvalue weighted by Crippen LogP contribution is -2.40. The summed E-state index contributed by atoms with van der Waals surface area (Å²) in [6, 6.07) is 7.01. The largest absolute Gasteiger partial charge is 0.378 e. The highest BCUT2D eigenvalue weighted by Gasteiger charge is 2.30. The molecule has 0 unspecified atom stereocenters. The molecule has 0 radical (unpaired) electrons. The summed E-state index contributed by atoms with van der Waals surface area (Å²) < 4.78 is 7.32. The van der Waals surface area contributed by atoms with E-state index in [0.29, 0.717) is 12.1 Å². The van der Waals surface area contributed by atoms with E-state index in [1.165, 1.54) is 19.3 Å². The van der Waals surface area contributed by atoms with E-state index in [1.807, 2.05) is 24.5 Å². The Morgan fingerprint density at radius 1 is 1.18 bits per heavy atom. The Morgan fingerprint density at radius 3 is 2.86 bits per heavy atom. The van der Waals surface area contributed by atoms with E-state index in [4.69, 9.17) is 15.5 Å². The Bertz CT molecular complexity index is 960. The van der Waals surface area contributed by atoms with Crippen LogP contribution in [0.1, 0.15) is 31.7 Å². The maximum absolute atomic E-state index is 5.61. The maximum atomic E-state index is 5.61. The monoisotopic (exact) mass is 378 g/mol. The molecule has 2 fully saturated rings. The van der Waals surface area contributed by atoms with Crippen LogP contribution in [0.25, 0.3) is 22.3 Å². The summed E-state index contributed by atoms with van der Waals surface area (Å²) in [7, 11) is 0. The van der Waals surface area contributed by atoms with Crippen LogP contribution >= 0.6 is 0 Å². The lowest BCUT2D eigenvalue weighted by Gasteiger charge is -2.35. The van der Waals surface area contributed by atoms with Crippen molar-refractivity contribution in [1.29, 1.82) is 0 Å². The van der Waals surface area contributed by atoms with Crippen molar-refractivity contribution in [1.82, 2.24) is 19.7 Å². The molecule has 0 spiro atoms. The summed E-state index contributed by atoms with van der Waals surface area (Å²) in [5.74, 6) is 0.800. The number of rotatable bonds is 7. The summed E-state index contributed by atoms with van der Waals surface area (Å²) in [5, 5.41) is 8.05. The third-order valence-corrected chi connectivity index (χ3v) is 5.85. The number of anilines is 1. The first-order valence-electron chi connectivity index (χ1n) is 10.1. The van der Waals surface area contributed by atoms with Gasteiger partial charge < -0.3 is 15.8 Å². The van der Waals surface area contributed by atoms with Gasteiger partial charge in [0, 0.05) is 17.4 Å². The minimum atomic E-state index is 0.392. The lowest BCUT2D eigenvalue weighted by molar-refractivity contribution is 0.0211. The molecule has 1 aliphatic heterocycles. The number of aromatic nitrogens is 4. The smallest absolute Gasteiger partial charge is 0.0924 e. The molecule has 0 amide bonds. The molecule has 3 N–H and O–H groups in total. The number of nitrogens with one attached hydrogen (secondary N) is 1. The summed E-state index contributed by atoms with van der Waals surface area (Å²) in [6.07, 6.45) is 10.6. The van der Waals surface area contributed by atoms with Gasteiger partial charge in [-0.05, 0) is 56.3 Å². The molecule has 1 saturated heterocycles. The zero-order chi connectivity index (χ0) is 18.9. The normalized spacial score (nSPS) is 22.0. The quantitative estimate of drug-likeness (QED) is 0.657. The average molecular weight is 378 g/mol. The van der Waals surface area contributed by atoms with Crippen molar-refractivity contribution in [2.24, 2.45) is 11.7 Å². The number of ether oxygens (including phenoxy) is 1. The van der Waals surface area contributed by atoms with Gasteiger partial charge in [-0.25, -0.2) is 4.98 Å². The van der Waals surface area contributed by atoms with Gasteiger partial charge in [0.1, 0.15) is 0 Å². The molecule has 28 heavy (non-hydrogen) atoms. The van der Waals surface area contributed by atoms with E-state index >= 15 is 0 Å². The highest BCUT2D eigenvalue weighted by molar-refractivity contribution is 5.80. The van der Waals surface area contributed by atoms with Gasteiger partial charge in [-0.2, -0.15) is 5.10 Å². The van der Waals surface area contributed by atoms with Gasteiger partial charge >= 0.3 is 0 Å². The molecule has 0 atom stereocenters. The van der Waals surface area contributed by atoms with Crippen molar-refractivity contribution < 1.29 is 4.74 Å². The highest BCUT2D eigenvalue weighted by atomic mass is 16.5. The minimum Gasteiger partial charge on any atom is -0.378 e. The lowest BCUT2D eigenvalue weighted by atomic mass is 9.77. The van der Waals surface area contributed by atoms with Crippen molar-refractivity contribution in [3.05, 3.63) is 36.8 Å². The first-order chi connectivity index (χ1) is 13.8. The first kappa shape index (κ1) is 17.6. The van der Waals surface area contributed by atoms with Crippen LogP contribution in [-0.2, 0) is 4.74 Å². The van der Waals surface area contributed by atoms with Crippen LogP contribution < -0.4 is 11.1 Å². The van der Waals surface area contributed by atoms with Crippen molar-refractivity contribution in [2.45, 2.75) is 37.8 Å². The SMILES string of the molecule is NCCCC1CC(n2cc(-c3cnc4ccc(NC5COC5)cc4n3)cn2)C1. The van der Waals surface area contributed by atoms with E-state index in [0.717, 1.165) is 60.1 Å². The standard InChI is InChI=1S/C21H26N6O/c22-5-1-2-14-6-18(7-14)27-11-15(9-24-27)21-10-23-19-4-3-16(8-20(19)26-21)25-17-12-28-13-17/h3-4,8-11,14,17-18,25H,1-2,5-7,12-13,22H2. The topological polar surface area (TPSA) is 90.9 Å². The Labute approximate surface area is 164 Å². The number of hydrogen-bond acceptors (Lipinski definition) is 6.